The number of rotatable bonds is 7. The summed E-state index contributed by atoms with van der Waals surface area (Å²) < 4.78 is 40.8. The topological polar surface area (TPSA) is 59.6 Å². The van der Waals surface area contributed by atoms with Crippen LogP contribution in [0, 0.1) is 11.6 Å². The molecule has 1 aliphatic heterocycles. The van der Waals surface area contributed by atoms with E-state index in [9.17, 15) is 13.6 Å². The van der Waals surface area contributed by atoms with E-state index < -0.39 is 17.7 Å². The molecule has 0 spiro atoms. The zero-order valence-electron chi connectivity index (χ0n) is 16.6. The quantitative estimate of drug-likeness (QED) is 0.602. The van der Waals surface area contributed by atoms with Crippen LogP contribution in [0.2, 0.25) is 0 Å². The molecule has 0 saturated heterocycles. The van der Waals surface area contributed by atoms with Crippen molar-refractivity contribution in [3.63, 3.8) is 0 Å². The zero-order valence-corrected chi connectivity index (χ0v) is 16.6. The molecule has 0 saturated carbocycles. The Kier molecular flexibility index (Phi) is 5.96. The second kappa shape index (κ2) is 8.81. The van der Waals surface area contributed by atoms with Gasteiger partial charge in [-0.15, -0.1) is 0 Å². The average molecular weight is 415 g/mol. The van der Waals surface area contributed by atoms with Crippen molar-refractivity contribution in [2.45, 2.75) is 19.1 Å². The number of ether oxygens (including phenoxy) is 1. The summed E-state index contributed by atoms with van der Waals surface area (Å²) in [7, 11) is 1.56. The van der Waals surface area contributed by atoms with Crippen LogP contribution in [0.15, 0.2) is 53.1 Å². The number of furan rings is 1. The first kappa shape index (κ1) is 20.3. The molecule has 0 fully saturated rings. The van der Waals surface area contributed by atoms with Crippen molar-refractivity contribution in [3.05, 3.63) is 83.1 Å². The minimum absolute atomic E-state index is 0.214. The van der Waals surface area contributed by atoms with Crippen LogP contribution in [0.1, 0.15) is 33.6 Å². The summed E-state index contributed by atoms with van der Waals surface area (Å²) in [6, 6.07) is 10.5. The number of aromatic nitrogens is 1. The molecule has 3 aromatic rings. The minimum atomic E-state index is -0.607. The minimum Gasteiger partial charge on any atom is -0.455 e. The number of carbonyl (C=O) groups excluding carboxylic acids is 1. The summed E-state index contributed by atoms with van der Waals surface area (Å²) in [6.07, 6.45) is 1.95. The Hall–Kier alpha value is -2.97. The Labute approximate surface area is 173 Å². The van der Waals surface area contributed by atoms with Gasteiger partial charge >= 0.3 is 0 Å². The maximum Gasteiger partial charge on any atom is 0.287 e. The van der Waals surface area contributed by atoms with E-state index in [1.807, 2.05) is 18.3 Å². The van der Waals surface area contributed by atoms with Gasteiger partial charge in [0.2, 0.25) is 0 Å². The van der Waals surface area contributed by atoms with Gasteiger partial charge in [-0.1, -0.05) is 6.07 Å². The van der Waals surface area contributed by atoms with Crippen molar-refractivity contribution in [2.24, 2.45) is 0 Å². The van der Waals surface area contributed by atoms with Gasteiger partial charge in [-0.3, -0.25) is 9.69 Å². The first-order valence-electron chi connectivity index (χ1n) is 9.76. The lowest BCUT2D eigenvalue weighted by Crippen LogP contribution is -2.38. The van der Waals surface area contributed by atoms with E-state index in [1.54, 1.807) is 19.2 Å². The van der Waals surface area contributed by atoms with E-state index in [0.29, 0.717) is 37.6 Å². The van der Waals surface area contributed by atoms with Crippen LogP contribution in [0.5, 0.6) is 0 Å². The van der Waals surface area contributed by atoms with E-state index in [-0.39, 0.29) is 11.7 Å². The number of nitrogens with zero attached hydrogens (tertiary/aromatic N) is 2. The molecule has 0 aliphatic carbocycles. The second-order valence-corrected chi connectivity index (χ2v) is 7.18. The molecule has 1 aromatic carbocycles. The van der Waals surface area contributed by atoms with Crippen LogP contribution in [0.25, 0.3) is 0 Å². The molecule has 30 heavy (non-hydrogen) atoms. The van der Waals surface area contributed by atoms with Crippen molar-refractivity contribution in [2.75, 3.05) is 26.8 Å². The van der Waals surface area contributed by atoms with Gasteiger partial charge in [0.15, 0.2) is 5.76 Å². The van der Waals surface area contributed by atoms with E-state index in [1.165, 1.54) is 12.1 Å². The molecule has 1 unspecified atom stereocenters. The van der Waals surface area contributed by atoms with E-state index in [2.05, 4.69) is 14.8 Å². The van der Waals surface area contributed by atoms with Gasteiger partial charge in [0.1, 0.15) is 17.4 Å². The Morgan fingerprint density at radius 1 is 1.23 bits per heavy atom. The summed E-state index contributed by atoms with van der Waals surface area (Å²) in [5, 5.41) is 2.71. The van der Waals surface area contributed by atoms with E-state index >= 15 is 0 Å². The molecule has 1 N–H and O–H groups in total. The van der Waals surface area contributed by atoms with Crippen molar-refractivity contribution in [1.82, 2.24) is 14.8 Å². The molecule has 6 nitrogen and oxygen atoms in total. The number of halogens is 2. The molecule has 8 heteroatoms. The van der Waals surface area contributed by atoms with Crippen LogP contribution in [0.3, 0.4) is 0 Å². The first-order chi connectivity index (χ1) is 14.6. The molecule has 1 amide bonds. The third-order valence-electron chi connectivity index (χ3n) is 5.23. The number of fused-ring (bicyclic) bond motifs is 1. The van der Waals surface area contributed by atoms with Gasteiger partial charge in [-0.2, -0.15) is 0 Å². The number of amides is 1. The number of benzene rings is 1. The normalized spacial score (nSPS) is 16.4. The Morgan fingerprint density at radius 3 is 2.90 bits per heavy atom. The molecule has 2 aromatic heterocycles. The fourth-order valence-electron chi connectivity index (χ4n) is 3.82. The standard InChI is InChI=1S/C22H23F2N3O3/c1-29-12-8-25-22(28)20-7-5-16(30-20)14-27-11-10-26-9-2-3-19(26)21(27)17-6-4-15(23)13-18(17)24/h2-7,9,13,21H,8,10-12,14H2,1H3,(H,25,28). The van der Waals surface area contributed by atoms with Crippen LogP contribution in [-0.2, 0) is 17.8 Å². The lowest BCUT2D eigenvalue weighted by Gasteiger charge is -2.37. The summed E-state index contributed by atoms with van der Waals surface area (Å²) >= 11 is 0. The van der Waals surface area contributed by atoms with Gasteiger partial charge in [0, 0.05) is 50.3 Å². The number of hydrogen-bond acceptors (Lipinski definition) is 4. The van der Waals surface area contributed by atoms with Gasteiger partial charge in [-0.05, 0) is 30.3 Å². The highest BCUT2D eigenvalue weighted by Crippen LogP contribution is 2.35. The largest absolute Gasteiger partial charge is 0.455 e. The average Bonchev–Trinajstić information content (AvgIpc) is 3.38. The smallest absolute Gasteiger partial charge is 0.287 e. The zero-order chi connectivity index (χ0) is 21.1. The Bertz CT molecular complexity index is 1030. The molecule has 4 rings (SSSR count). The fourth-order valence-corrected chi connectivity index (χ4v) is 3.82. The summed E-state index contributed by atoms with van der Waals surface area (Å²) in [5.74, 6) is -0.696. The van der Waals surface area contributed by atoms with Crippen molar-refractivity contribution < 1.29 is 22.7 Å². The maximum atomic E-state index is 14.6. The van der Waals surface area contributed by atoms with Crippen LogP contribution >= 0.6 is 0 Å². The molecular weight excluding hydrogens is 392 g/mol. The van der Waals surface area contributed by atoms with Crippen LogP contribution in [-0.4, -0.2) is 42.2 Å². The summed E-state index contributed by atoms with van der Waals surface area (Å²) in [4.78, 5) is 14.2. The van der Waals surface area contributed by atoms with Crippen molar-refractivity contribution >= 4 is 5.91 Å². The molecule has 3 heterocycles. The number of methoxy groups -OCH3 is 1. The van der Waals surface area contributed by atoms with Gasteiger partial charge in [0.05, 0.1) is 19.2 Å². The molecule has 1 aliphatic rings. The van der Waals surface area contributed by atoms with Gasteiger partial charge in [0.25, 0.3) is 5.91 Å². The monoisotopic (exact) mass is 415 g/mol. The van der Waals surface area contributed by atoms with Crippen molar-refractivity contribution in [3.8, 4) is 0 Å². The van der Waals surface area contributed by atoms with Crippen LogP contribution in [0.4, 0.5) is 8.78 Å². The maximum absolute atomic E-state index is 14.6. The SMILES string of the molecule is COCCNC(=O)c1ccc(CN2CCn3cccc3C2c2ccc(F)cc2F)o1. The lowest BCUT2D eigenvalue weighted by molar-refractivity contribution is 0.0903. The number of nitrogens with one attached hydrogen (secondary N) is 1. The van der Waals surface area contributed by atoms with Crippen LogP contribution < -0.4 is 5.32 Å². The summed E-state index contributed by atoms with van der Waals surface area (Å²) in [6.45, 7) is 2.59. The third-order valence-corrected chi connectivity index (χ3v) is 5.23. The predicted molar refractivity (Wildman–Crippen MR) is 106 cm³/mol. The van der Waals surface area contributed by atoms with E-state index in [0.717, 1.165) is 18.3 Å². The third kappa shape index (κ3) is 4.15. The first-order valence-corrected chi connectivity index (χ1v) is 9.76. The molecule has 0 bridgehead atoms. The highest BCUT2D eigenvalue weighted by atomic mass is 19.1. The highest BCUT2D eigenvalue weighted by molar-refractivity contribution is 5.91. The summed E-state index contributed by atoms with van der Waals surface area (Å²) in [5.41, 5.74) is 1.33. The van der Waals surface area contributed by atoms with Gasteiger partial charge in [-0.25, -0.2) is 8.78 Å². The lowest BCUT2D eigenvalue weighted by atomic mass is 9.99. The molecule has 0 radical (unpaired) electrons. The fraction of sp³-hybridized carbons (Fsp3) is 0.318. The molecular formula is C22H23F2N3O3. The number of hydrogen-bond donors (Lipinski definition) is 1. The van der Waals surface area contributed by atoms with E-state index in [4.69, 9.17) is 9.15 Å². The van der Waals surface area contributed by atoms with Crippen molar-refractivity contribution in [1.29, 1.82) is 0 Å². The highest BCUT2D eigenvalue weighted by Gasteiger charge is 2.31. The van der Waals surface area contributed by atoms with Gasteiger partial charge < -0.3 is 19.0 Å². The predicted octanol–water partition coefficient (Wildman–Crippen LogP) is 3.34. The number of carbonyl (C=O) groups is 1. The Balaban J connectivity index is 1.57. The molecule has 1 atom stereocenters. The molecule has 158 valence electrons. The Morgan fingerprint density at radius 2 is 2.10 bits per heavy atom. The second-order valence-electron chi connectivity index (χ2n) is 7.18.